The molecule has 0 unspecified atom stereocenters. The van der Waals surface area contributed by atoms with Gasteiger partial charge in [0.1, 0.15) is 5.75 Å². The van der Waals surface area contributed by atoms with Gasteiger partial charge in [-0.2, -0.15) is 0 Å². The third kappa shape index (κ3) is 6.41. The number of rotatable bonds is 10. The molecular formula is C29H26ClNO6S. The first-order valence-corrected chi connectivity index (χ1v) is 13.7. The summed E-state index contributed by atoms with van der Waals surface area (Å²) in [5, 5.41) is 33.8. The molecule has 1 atom stereocenters. The number of sulfone groups is 1. The molecule has 9 heteroatoms. The van der Waals surface area contributed by atoms with Crippen molar-refractivity contribution in [1.29, 1.82) is 0 Å². The molecule has 196 valence electrons. The van der Waals surface area contributed by atoms with Gasteiger partial charge >= 0.3 is 5.97 Å². The van der Waals surface area contributed by atoms with Gasteiger partial charge in [0.25, 0.3) is 0 Å². The van der Waals surface area contributed by atoms with E-state index in [4.69, 9.17) is 11.6 Å². The average molecular weight is 552 g/mol. The summed E-state index contributed by atoms with van der Waals surface area (Å²) >= 11 is 5.96. The zero-order valence-electron chi connectivity index (χ0n) is 20.2. The number of aliphatic hydroxyl groups is 1. The Labute approximate surface area is 225 Å². The number of phenols is 1. The highest BCUT2D eigenvalue weighted by Crippen LogP contribution is 2.33. The van der Waals surface area contributed by atoms with Crippen molar-refractivity contribution in [1.82, 2.24) is 5.32 Å². The highest BCUT2D eigenvalue weighted by molar-refractivity contribution is 7.91. The van der Waals surface area contributed by atoms with Gasteiger partial charge in [-0.3, -0.25) is 0 Å². The molecule has 0 fully saturated rings. The summed E-state index contributed by atoms with van der Waals surface area (Å²) in [6.07, 6.45) is -0.0573. The maximum atomic E-state index is 13.1. The number of aliphatic hydroxyl groups excluding tert-OH is 1. The summed E-state index contributed by atoms with van der Waals surface area (Å²) in [7, 11) is -3.88. The summed E-state index contributed by atoms with van der Waals surface area (Å²) < 4.78 is 26.3. The van der Waals surface area contributed by atoms with E-state index in [0.717, 1.165) is 11.1 Å². The van der Waals surface area contributed by atoms with Gasteiger partial charge in [-0.25, -0.2) is 13.2 Å². The van der Waals surface area contributed by atoms with E-state index in [2.05, 4.69) is 5.32 Å². The second-order valence-corrected chi connectivity index (χ2v) is 11.1. The highest BCUT2D eigenvalue weighted by atomic mass is 35.5. The molecule has 0 bridgehead atoms. The van der Waals surface area contributed by atoms with Crippen molar-refractivity contribution < 1.29 is 28.5 Å². The summed E-state index contributed by atoms with van der Waals surface area (Å²) in [5.74, 6) is -1.36. The largest absolute Gasteiger partial charge is 0.507 e. The number of hydrogen-bond acceptors (Lipinski definition) is 6. The topological polar surface area (TPSA) is 124 Å². The van der Waals surface area contributed by atoms with E-state index in [-0.39, 0.29) is 21.1 Å². The van der Waals surface area contributed by atoms with Gasteiger partial charge in [-0.05, 0) is 84.3 Å². The van der Waals surface area contributed by atoms with Crippen molar-refractivity contribution >= 4 is 27.4 Å². The normalized spacial score (nSPS) is 12.3. The molecule has 0 heterocycles. The predicted molar refractivity (Wildman–Crippen MR) is 145 cm³/mol. The lowest BCUT2D eigenvalue weighted by Gasteiger charge is -2.13. The number of benzene rings is 4. The second-order valence-electron chi connectivity index (χ2n) is 8.74. The van der Waals surface area contributed by atoms with Crippen molar-refractivity contribution in [2.75, 3.05) is 13.1 Å². The number of phenolic OH excluding ortho intramolecular Hbond substituents is 1. The SMILES string of the molecule is O=C(O)c1cccc(-c2ccc(S(=O)(=O)c3ccc(CCNC[C@H](O)c4cccc(Cl)c4)cc3)cc2O)c1. The molecule has 0 spiro atoms. The number of carbonyl (C=O) groups is 1. The van der Waals surface area contributed by atoms with Crippen LogP contribution < -0.4 is 5.32 Å². The van der Waals surface area contributed by atoms with Crippen LogP contribution in [0, 0.1) is 0 Å². The molecule has 4 aromatic rings. The van der Waals surface area contributed by atoms with Crippen LogP contribution in [0.3, 0.4) is 0 Å². The highest BCUT2D eigenvalue weighted by Gasteiger charge is 2.20. The van der Waals surface area contributed by atoms with E-state index < -0.39 is 21.9 Å². The van der Waals surface area contributed by atoms with Crippen molar-refractivity contribution in [3.05, 3.63) is 113 Å². The van der Waals surface area contributed by atoms with Crippen molar-refractivity contribution in [2.45, 2.75) is 22.3 Å². The monoisotopic (exact) mass is 551 g/mol. The summed E-state index contributed by atoms with van der Waals surface area (Å²) in [6, 6.07) is 23.6. The van der Waals surface area contributed by atoms with Crippen LogP contribution >= 0.6 is 11.6 Å². The average Bonchev–Trinajstić information content (AvgIpc) is 2.91. The Kier molecular flexibility index (Phi) is 8.48. The van der Waals surface area contributed by atoms with Gasteiger partial charge in [0, 0.05) is 17.1 Å². The van der Waals surface area contributed by atoms with Gasteiger partial charge in [0.15, 0.2) is 0 Å². The minimum absolute atomic E-state index is 0.0613. The fraction of sp³-hybridized carbons (Fsp3) is 0.138. The van der Waals surface area contributed by atoms with E-state index in [1.54, 1.807) is 42.5 Å². The third-order valence-corrected chi connectivity index (χ3v) is 8.10. The van der Waals surface area contributed by atoms with Crippen LogP contribution in [-0.2, 0) is 16.3 Å². The molecule has 7 nitrogen and oxygen atoms in total. The molecule has 38 heavy (non-hydrogen) atoms. The Morgan fingerprint density at radius 3 is 2.29 bits per heavy atom. The molecule has 0 saturated heterocycles. The molecule has 0 aliphatic carbocycles. The quantitative estimate of drug-likeness (QED) is 0.202. The van der Waals surface area contributed by atoms with Gasteiger partial charge in [-0.15, -0.1) is 0 Å². The molecule has 0 amide bonds. The Hall–Kier alpha value is -3.69. The van der Waals surface area contributed by atoms with Crippen LogP contribution in [0.15, 0.2) is 101 Å². The van der Waals surface area contributed by atoms with Gasteiger partial charge < -0.3 is 20.6 Å². The van der Waals surface area contributed by atoms with E-state index in [1.165, 1.54) is 42.5 Å². The van der Waals surface area contributed by atoms with Crippen LogP contribution in [0.1, 0.15) is 27.6 Å². The lowest BCUT2D eigenvalue weighted by atomic mass is 10.0. The number of hydrogen-bond donors (Lipinski definition) is 4. The second kappa shape index (κ2) is 11.8. The van der Waals surface area contributed by atoms with Crippen molar-refractivity contribution in [3.8, 4) is 16.9 Å². The predicted octanol–water partition coefficient (Wildman–Crippen LogP) is 5.11. The van der Waals surface area contributed by atoms with Crippen LogP contribution in [0.5, 0.6) is 5.75 Å². The zero-order valence-corrected chi connectivity index (χ0v) is 21.8. The molecule has 0 aliphatic rings. The lowest BCUT2D eigenvalue weighted by Crippen LogP contribution is -2.23. The molecular weight excluding hydrogens is 526 g/mol. The minimum atomic E-state index is -3.88. The first-order valence-electron chi connectivity index (χ1n) is 11.8. The third-order valence-electron chi connectivity index (χ3n) is 6.10. The number of aromatic hydroxyl groups is 1. The molecule has 4 rings (SSSR count). The fourth-order valence-corrected chi connectivity index (χ4v) is 5.50. The summed E-state index contributed by atoms with van der Waals surface area (Å²) in [5.41, 5.74) is 2.50. The molecule has 4 N–H and O–H groups in total. The Bertz CT molecular complexity index is 1550. The first-order chi connectivity index (χ1) is 18.1. The lowest BCUT2D eigenvalue weighted by molar-refractivity contribution is 0.0697. The molecule has 0 saturated carbocycles. The van der Waals surface area contributed by atoms with Gasteiger partial charge in [-0.1, -0.05) is 48.0 Å². The van der Waals surface area contributed by atoms with E-state index >= 15 is 0 Å². The van der Waals surface area contributed by atoms with E-state index in [9.17, 15) is 28.5 Å². The standard InChI is InChI=1S/C29H26ClNO6S/c30-23-6-2-4-21(16-23)28(33)18-31-14-13-19-7-9-24(10-8-19)38(36,37)25-11-12-26(27(32)17-25)20-3-1-5-22(15-20)29(34)35/h1-12,15-17,28,31-33H,13-14,18H2,(H,34,35)/t28-/m0/s1. The fourth-order valence-electron chi connectivity index (χ4n) is 4.02. The Morgan fingerprint density at radius 2 is 1.61 bits per heavy atom. The maximum Gasteiger partial charge on any atom is 0.335 e. The van der Waals surface area contributed by atoms with Crippen LogP contribution in [-0.4, -0.2) is 42.8 Å². The number of carboxylic acids is 1. The molecule has 4 aromatic carbocycles. The molecule has 0 aliphatic heterocycles. The molecule has 0 aromatic heterocycles. The van der Waals surface area contributed by atoms with Crippen LogP contribution in [0.25, 0.3) is 11.1 Å². The van der Waals surface area contributed by atoms with E-state index in [0.29, 0.717) is 35.7 Å². The molecule has 0 radical (unpaired) electrons. The zero-order chi connectivity index (χ0) is 27.3. The number of nitrogens with one attached hydrogen (secondary N) is 1. The summed E-state index contributed by atoms with van der Waals surface area (Å²) in [4.78, 5) is 11.3. The van der Waals surface area contributed by atoms with Crippen LogP contribution in [0.4, 0.5) is 0 Å². The van der Waals surface area contributed by atoms with E-state index in [1.807, 2.05) is 6.07 Å². The number of halogens is 1. The Balaban J connectivity index is 1.39. The van der Waals surface area contributed by atoms with Gasteiger partial charge in [0.2, 0.25) is 9.84 Å². The number of aromatic carboxylic acids is 1. The van der Waals surface area contributed by atoms with Gasteiger partial charge in [0.05, 0.1) is 21.5 Å². The van der Waals surface area contributed by atoms with Crippen molar-refractivity contribution in [3.63, 3.8) is 0 Å². The summed E-state index contributed by atoms with van der Waals surface area (Å²) in [6.45, 7) is 0.940. The maximum absolute atomic E-state index is 13.1. The first kappa shape index (κ1) is 27.3. The minimum Gasteiger partial charge on any atom is -0.507 e. The number of carboxylic acid groups (broad SMARTS) is 1. The van der Waals surface area contributed by atoms with Crippen LogP contribution in [0.2, 0.25) is 5.02 Å². The Morgan fingerprint density at radius 1 is 0.895 bits per heavy atom. The smallest absolute Gasteiger partial charge is 0.335 e. The van der Waals surface area contributed by atoms with Crippen molar-refractivity contribution in [2.24, 2.45) is 0 Å².